The van der Waals surface area contributed by atoms with Crippen molar-refractivity contribution in [1.29, 1.82) is 0 Å². The number of carboxylic acids is 2. The molecule has 46 heavy (non-hydrogen) atoms. The summed E-state index contributed by atoms with van der Waals surface area (Å²) < 4.78 is 0. The molecule has 0 aromatic heterocycles. The average molecular weight is 649 g/mol. The van der Waals surface area contributed by atoms with Crippen LogP contribution >= 0.6 is 0 Å². The molecule has 0 heterocycles. The summed E-state index contributed by atoms with van der Waals surface area (Å²) in [4.78, 5) is 20.7. The van der Waals surface area contributed by atoms with Crippen molar-refractivity contribution >= 4 is 11.9 Å². The maximum absolute atomic E-state index is 10.4. The van der Waals surface area contributed by atoms with E-state index in [0.717, 1.165) is 25.7 Å². The SMILES string of the molecule is CCCCCCC=CCCCCCCCCCCCCCCCC(=O)O.CCCCCCCC/C=C\CCCCCCCC(=O)O. The maximum Gasteiger partial charge on any atom is 0.303 e. The van der Waals surface area contributed by atoms with Crippen LogP contribution in [0.5, 0.6) is 0 Å². The molecule has 0 aromatic carbocycles. The standard InChI is InChI=1S/C24H46O2.C18H34O2/c1-2-3-4-5-6-7-8-9-10-11-12-13-14-15-16-17-18-19-20-21-22-23-24(25)26;1-2-3-4-5-6-7-8-9-10-11-12-13-14-15-16-17-18(19)20/h7-8H,2-6,9-23H2,1H3,(H,25,26);9-10H,2-8,11-17H2,1H3,(H,19,20)/b;10-9-. The summed E-state index contributed by atoms with van der Waals surface area (Å²) in [6.07, 6.45) is 51.3. The van der Waals surface area contributed by atoms with Gasteiger partial charge in [0.15, 0.2) is 0 Å². The Hall–Kier alpha value is -1.58. The molecule has 0 rings (SSSR count). The van der Waals surface area contributed by atoms with Crippen LogP contribution in [0.1, 0.15) is 232 Å². The Morgan fingerprint density at radius 2 is 0.522 bits per heavy atom. The van der Waals surface area contributed by atoms with Crippen molar-refractivity contribution < 1.29 is 19.8 Å². The lowest BCUT2D eigenvalue weighted by molar-refractivity contribution is -0.138. The highest BCUT2D eigenvalue weighted by molar-refractivity contribution is 5.66. The van der Waals surface area contributed by atoms with Crippen LogP contribution in [-0.4, -0.2) is 22.2 Å². The number of aliphatic carboxylic acids is 2. The van der Waals surface area contributed by atoms with E-state index in [1.165, 1.54) is 180 Å². The van der Waals surface area contributed by atoms with Crippen molar-refractivity contribution in [3.05, 3.63) is 24.3 Å². The van der Waals surface area contributed by atoms with E-state index in [1.807, 2.05) is 0 Å². The Bertz CT molecular complexity index is 654. The molecular formula is C42H80O4. The number of allylic oxidation sites excluding steroid dienone is 4. The van der Waals surface area contributed by atoms with E-state index >= 15 is 0 Å². The fraction of sp³-hybridized carbons (Fsp3) is 0.857. The molecular weight excluding hydrogens is 568 g/mol. The minimum absolute atomic E-state index is 0.332. The van der Waals surface area contributed by atoms with E-state index in [9.17, 15) is 9.59 Å². The van der Waals surface area contributed by atoms with Crippen LogP contribution in [0, 0.1) is 0 Å². The van der Waals surface area contributed by atoms with Gasteiger partial charge in [-0.25, -0.2) is 0 Å². The molecule has 0 saturated heterocycles. The zero-order valence-corrected chi connectivity index (χ0v) is 31.1. The van der Waals surface area contributed by atoms with Crippen molar-refractivity contribution in [2.24, 2.45) is 0 Å². The Kier molecular flexibility index (Phi) is 43.9. The molecule has 0 fully saturated rings. The summed E-state index contributed by atoms with van der Waals surface area (Å²) in [5, 5.41) is 17.1. The third-order valence-corrected chi connectivity index (χ3v) is 8.80. The molecule has 272 valence electrons. The van der Waals surface area contributed by atoms with Crippen molar-refractivity contribution in [3.63, 3.8) is 0 Å². The first-order valence-corrected chi connectivity index (χ1v) is 20.3. The number of rotatable bonds is 36. The predicted molar refractivity (Wildman–Crippen MR) is 202 cm³/mol. The van der Waals surface area contributed by atoms with Gasteiger partial charge in [0.2, 0.25) is 0 Å². The van der Waals surface area contributed by atoms with E-state index in [0.29, 0.717) is 12.8 Å². The van der Waals surface area contributed by atoms with Crippen molar-refractivity contribution in [2.45, 2.75) is 232 Å². The normalized spacial score (nSPS) is 11.3. The monoisotopic (exact) mass is 649 g/mol. The molecule has 0 spiro atoms. The molecule has 0 unspecified atom stereocenters. The average Bonchev–Trinajstić information content (AvgIpc) is 3.03. The smallest absolute Gasteiger partial charge is 0.303 e. The third-order valence-electron chi connectivity index (χ3n) is 8.80. The Morgan fingerprint density at radius 1 is 0.326 bits per heavy atom. The van der Waals surface area contributed by atoms with Crippen LogP contribution < -0.4 is 0 Å². The van der Waals surface area contributed by atoms with Gasteiger partial charge in [0.1, 0.15) is 0 Å². The highest BCUT2D eigenvalue weighted by Gasteiger charge is 1.98. The minimum atomic E-state index is -0.664. The molecule has 0 aliphatic carbocycles. The van der Waals surface area contributed by atoms with Gasteiger partial charge in [0, 0.05) is 12.8 Å². The van der Waals surface area contributed by atoms with E-state index in [4.69, 9.17) is 10.2 Å². The quantitative estimate of drug-likeness (QED) is 0.0523. The molecule has 4 heteroatoms. The topological polar surface area (TPSA) is 74.6 Å². The highest BCUT2D eigenvalue weighted by atomic mass is 16.4. The van der Waals surface area contributed by atoms with Gasteiger partial charge in [0.05, 0.1) is 0 Å². The van der Waals surface area contributed by atoms with Gasteiger partial charge in [-0.05, 0) is 64.2 Å². The zero-order chi connectivity index (χ0) is 34.0. The van der Waals surface area contributed by atoms with E-state index in [-0.39, 0.29) is 0 Å². The summed E-state index contributed by atoms with van der Waals surface area (Å²) in [5.41, 5.74) is 0. The van der Waals surface area contributed by atoms with Crippen molar-refractivity contribution in [3.8, 4) is 0 Å². The molecule has 0 aliphatic rings. The number of carboxylic acid groups (broad SMARTS) is 2. The maximum atomic E-state index is 10.4. The minimum Gasteiger partial charge on any atom is -0.481 e. The highest BCUT2D eigenvalue weighted by Crippen LogP contribution is 2.14. The zero-order valence-electron chi connectivity index (χ0n) is 31.1. The Balaban J connectivity index is 0. The third kappa shape index (κ3) is 49.3. The largest absolute Gasteiger partial charge is 0.481 e. The summed E-state index contributed by atoms with van der Waals surface area (Å²) in [5.74, 6) is -1.32. The second-order valence-corrected chi connectivity index (χ2v) is 13.6. The second-order valence-electron chi connectivity index (χ2n) is 13.6. The summed E-state index contributed by atoms with van der Waals surface area (Å²) in [7, 11) is 0. The lowest BCUT2D eigenvalue weighted by Gasteiger charge is -2.03. The van der Waals surface area contributed by atoms with Crippen LogP contribution in [0.4, 0.5) is 0 Å². The van der Waals surface area contributed by atoms with Gasteiger partial charge in [-0.15, -0.1) is 0 Å². The first-order valence-electron chi connectivity index (χ1n) is 20.3. The number of hydrogen-bond acceptors (Lipinski definition) is 2. The number of hydrogen-bond donors (Lipinski definition) is 2. The number of unbranched alkanes of at least 4 members (excludes halogenated alkanes) is 28. The molecule has 0 saturated carbocycles. The molecule has 0 atom stereocenters. The Morgan fingerprint density at radius 3 is 0.761 bits per heavy atom. The lowest BCUT2D eigenvalue weighted by Crippen LogP contribution is -1.93. The van der Waals surface area contributed by atoms with Crippen molar-refractivity contribution in [1.82, 2.24) is 0 Å². The summed E-state index contributed by atoms with van der Waals surface area (Å²) in [6.45, 7) is 4.53. The molecule has 4 nitrogen and oxygen atoms in total. The molecule has 0 bridgehead atoms. The van der Waals surface area contributed by atoms with Gasteiger partial charge in [-0.1, -0.05) is 179 Å². The first-order chi connectivity index (χ1) is 22.5. The molecule has 2 N–H and O–H groups in total. The fourth-order valence-corrected chi connectivity index (χ4v) is 5.75. The lowest BCUT2D eigenvalue weighted by atomic mass is 10.0. The van der Waals surface area contributed by atoms with Crippen LogP contribution in [0.2, 0.25) is 0 Å². The van der Waals surface area contributed by atoms with Gasteiger partial charge < -0.3 is 10.2 Å². The van der Waals surface area contributed by atoms with Gasteiger partial charge in [0.25, 0.3) is 0 Å². The second kappa shape index (κ2) is 43.4. The fourth-order valence-electron chi connectivity index (χ4n) is 5.75. The van der Waals surface area contributed by atoms with Crippen molar-refractivity contribution in [2.75, 3.05) is 0 Å². The van der Waals surface area contributed by atoms with E-state index in [2.05, 4.69) is 38.2 Å². The van der Waals surface area contributed by atoms with E-state index in [1.54, 1.807) is 0 Å². The van der Waals surface area contributed by atoms with Gasteiger partial charge in [-0.2, -0.15) is 0 Å². The van der Waals surface area contributed by atoms with Crippen LogP contribution in [0.15, 0.2) is 24.3 Å². The van der Waals surface area contributed by atoms with E-state index < -0.39 is 11.9 Å². The van der Waals surface area contributed by atoms with Crippen LogP contribution in [0.25, 0.3) is 0 Å². The molecule has 0 aliphatic heterocycles. The summed E-state index contributed by atoms with van der Waals surface area (Å²) in [6, 6.07) is 0. The number of carbonyl (C=O) groups is 2. The van der Waals surface area contributed by atoms with Gasteiger partial charge in [-0.3, -0.25) is 9.59 Å². The van der Waals surface area contributed by atoms with Crippen LogP contribution in [0.3, 0.4) is 0 Å². The van der Waals surface area contributed by atoms with Gasteiger partial charge >= 0.3 is 11.9 Å². The van der Waals surface area contributed by atoms with Crippen LogP contribution in [-0.2, 0) is 9.59 Å². The Labute approximate surface area is 287 Å². The molecule has 0 aromatic rings. The first kappa shape index (κ1) is 46.5. The molecule has 0 radical (unpaired) electrons. The summed E-state index contributed by atoms with van der Waals surface area (Å²) >= 11 is 0. The predicted octanol–water partition coefficient (Wildman–Crippen LogP) is 14.6. The molecule has 0 amide bonds.